The molecule has 1 aromatic carbocycles. The van der Waals surface area contributed by atoms with E-state index in [0.29, 0.717) is 0 Å². The van der Waals surface area contributed by atoms with Crippen molar-refractivity contribution in [3.05, 3.63) is 59.7 Å². The van der Waals surface area contributed by atoms with Gasteiger partial charge in [0.1, 0.15) is 0 Å². The minimum Gasteiger partial charge on any atom is -0.294 e. The van der Waals surface area contributed by atoms with Crippen LogP contribution in [0.1, 0.15) is 31.9 Å². The van der Waals surface area contributed by atoms with Crippen LogP contribution in [0, 0.1) is 0 Å². The highest BCUT2D eigenvalue weighted by Crippen LogP contribution is 2.23. The molecule has 0 bridgehead atoms. The van der Waals surface area contributed by atoms with E-state index in [-0.39, 0.29) is 5.54 Å². The molecule has 0 saturated heterocycles. The maximum atomic E-state index is 2.55. The monoisotopic (exact) mass is 241 g/mol. The lowest BCUT2D eigenvalue weighted by Gasteiger charge is -2.39. The molecule has 0 radical (unpaired) electrons. The van der Waals surface area contributed by atoms with Crippen LogP contribution in [0.15, 0.2) is 48.5 Å². The Kier molecular flexibility index (Phi) is 4.03. The van der Waals surface area contributed by atoms with Gasteiger partial charge in [-0.1, -0.05) is 48.5 Å². The van der Waals surface area contributed by atoms with Crippen molar-refractivity contribution in [3.8, 4) is 0 Å². The Balaban J connectivity index is 2.37. The van der Waals surface area contributed by atoms with Crippen LogP contribution in [0.5, 0.6) is 0 Å². The molecular weight excluding hydrogens is 218 g/mol. The van der Waals surface area contributed by atoms with Gasteiger partial charge in [-0.15, -0.1) is 0 Å². The van der Waals surface area contributed by atoms with Crippen LogP contribution in [0.4, 0.5) is 0 Å². The Morgan fingerprint density at radius 1 is 0.833 bits per heavy atom. The fourth-order valence-electron chi connectivity index (χ4n) is 2.32. The van der Waals surface area contributed by atoms with Crippen molar-refractivity contribution in [2.75, 3.05) is 6.54 Å². The highest BCUT2D eigenvalue weighted by atomic mass is 15.2. The topological polar surface area (TPSA) is 3.24 Å². The Labute approximate surface area is 111 Å². The molecule has 1 aliphatic heterocycles. The van der Waals surface area contributed by atoms with Crippen molar-refractivity contribution >= 4 is 0 Å². The summed E-state index contributed by atoms with van der Waals surface area (Å²) in [5, 5.41) is 0. The van der Waals surface area contributed by atoms with Crippen molar-refractivity contribution < 1.29 is 0 Å². The van der Waals surface area contributed by atoms with Crippen LogP contribution >= 0.6 is 0 Å². The van der Waals surface area contributed by atoms with Gasteiger partial charge in [-0.05, 0) is 38.3 Å². The van der Waals surface area contributed by atoms with E-state index in [1.165, 1.54) is 11.1 Å². The number of hydrogen-bond donors (Lipinski definition) is 0. The standard InChI is InChI=1S/C17H23N/c1-17(2,3)18-13-12-15-10-8-6-4-5-7-9-11-16(15)14-18/h4-11H,12-14H2,1-3H3. The Morgan fingerprint density at radius 2 is 1.39 bits per heavy atom. The van der Waals surface area contributed by atoms with Gasteiger partial charge in [0.05, 0.1) is 0 Å². The third kappa shape index (κ3) is 3.33. The first-order valence-electron chi connectivity index (χ1n) is 6.72. The van der Waals surface area contributed by atoms with Gasteiger partial charge in [0, 0.05) is 18.6 Å². The number of rotatable bonds is 0. The quantitative estimate of drug-likeness (QED) is 0.664. The normalized spacial score (nSPS) is 15.7. The molecular formula is C17H23N. The van der Waals surface area contributed by atoms with Gasteiger partial charge in [0.2, 0.25) is 0 Å². The summed E-state index contributed by atoms with van der Waals surface area (Å²) in [6, 6.07) is 17.1. The van der Waals surface area contributed by atoms with Crippen LogP contribution in [0.2, 0.25) is 0 Å². The number of hydrogen-bond acceptors (Lipinski definition) is 1. The lowest BCUT2D eigenvalue weighted by Crippen LogP contribution is -2.44. The Hall–Kier alpha value is -1.34. The Bertz CT molecular complexity index is 455. The maximum Gasteiger partial charge on any atom is 0.0241 e. The zero-order valence-corrected chi connectivity index (χ0v) is 11.7. The summed E-state index contributed by atoms with van der Waals surface area (Å²) in [6.45, 7) is 9.08. The summed E-state index contributed by atoms with van der Waals surface area (Å²) in [6.07, 6.45) is 1.14. The van der Waals surface area contributed by atoms with Crippen LogP contribution in [0.25, 0.3) is 0 Å². The van der Waals surface area contributed by atoms with Gasteiger partial charge in [-0.2, -0.15) is 0 Å². The zero-order valence-electron chi connectivity index (χ0n) is 11.7. The molecule has 1 heteroatoms. The van der Waals surface area contributed by atoms with Gasteiger partial charge in [0.25, 0.3) is 0 Å². The van der Waals surface area contributed by atoms with E-state index in [1.807, 2.05) is 0 Å². The van der Waals surface area contributed by atoms with Crippen molar-refractivity contribution in [1.82, 2.24) is 4.90 Å². The molecule has 1 heterocycles. The molecule has 0 N–H and O–H groups in total. The second kappa shape index (κ2) is 5.53. The summed E-state index contributed by atoms with van der Waals surface area (Å²) in [5.41, 5.74) is 3.18. The molecule has 0 atom stereocenters. The van der Waals surface area contributed by atoms with Gasteiger partial charge in [-0.25, -0.2) is 0 Å². The third-order valence-corrected chi connectivity index (χ3v) is 3.52. The van der Waals surface area contributed by atoms with Crippen molar-refractivity contribution in [1.29, 1.82) is 0 Å². The van der Waals surface area contributed by atoms with Crippen molar-refractivity contribution in [2.45, 2.75) is 39.3 Å². The van der Waals surface area contributed by atoms with E-state index < -0.39 is 0 Å². The first kappa shape index (κ1) is 13.1. The average molecular weight is 241 g/mol. The molecule has 0 saturated carbocycles. The van der Waals surface area contributed by atoms with E-state index in [1.54, 1.807) is 0 Å². The Morgan fingerprint density at radius 3 is 2.00 bits per heavy atom. The van der Waals surface area contributed by atoms with E-state index in [4.69, 9.17) is 0 Å². The zero-order chi connectivity index (χ0) is 13.0. The average Bonchev–Trinajstić information content (AvgIpc) is 2.33. The molecule has 1 aromatic rings. The molecule has 1 aliphatic rings. The predicted octanol–water partition coefficient (Wildman–Crippen LogP) is 3.97. The van der Waals surface area contributed by atoms with Crippen LogP contribution < -0.4 is 0 Å². The molecule has 0 fully saturated rings. The highest BCUT2D eigenvalue weighted by Gasteiger charge is 2.24. The SMILES string of the molecule is CC(C)(C)N1CCc2ccccccccc2C1. The summed E-state index contributed by atoms with van der Waals surface area (Å²) >= 11 is 0. The predicted molar refractivity (Wildman–Crippen MR) is 77.9 cm³/mol. The molecule has 18 heavy (non-hydrogen) atoms. The fraction of sp³-hybridized carbons (Fsp3) is 0.412. The van der Waals surface area contributed by atoms with Gasteiger partial charge >= 0.3 is 0 Å². The molecule has 0 unspecified atom stereocenters. The lowest BCUT2D eigenvalue weighted by atomic mass is 9.96. The highest BCUT2D eigenvalue weighted by molar-refractivity contribution is 5.27. The molecule has 0 aromatic heterocycles. The van der Waals surface area contributed by atoms with Crippen LogP contribution in [-0.2, 0) is 13.0 Å². The van der Waals surface area contributed by atoms with E-state index in [9.17, 15) is 0 Å². The number of nitrogens with zero attached hydrogens (tertiary/aromatic N) is 1. The fourth-order valence-corrected chi connectivity index (χ4v) is 2.32. The van der Waals surface area contributed by atoms with Crippen LogP contribution in [0.3, 0.4) is 0 Å². The van der Waals surface area contributed by atoms with Gasteiger partial charge in [-0.3, -0.25) is 4.90 Å². The minimum atomic E-state index is 0.251. The maximum absolute atomic E-state index is 2.55. The van der Waals surface area contributed by atoms with Crippen molar-refractivity contribution in [2.24, 2.45) is 0 Å². The van der Waals surface area contributed by atoms with E-state index in [0.717, 1.165) is 19.5 Å². The van der Waals surface area contributed by atoms with Gasteiger partial charge in [0.15, 0.2) is 0 Å². The lowest BCUT2D eigenvalue weighted by molar-refractivity contribution is 0.121. The second-order valence-electron chi connectivity index (χ2n) is 5.88. The summed E-state index contributed by atoms with van der Waals surface area (Å²) < 4.78 is 0. The van der Waals surface area contributed by atoms with Crippen molar-refractivity contribution in [3.63, 3.8) is 0 Å². The first-order valence-corrected chi connectivity index (χ1v) is 6.72. The largest absolute Gasteiger partial charge is 0.294 e. The van der Waals surface area contributed by atoms with Gasteiger partial charge < -0.3 is 0 Å². The third-order valence-electron chi connectivity index (χ3n) is 3.52. The van der Waals surface area contributed by atoms with Crippen LogP contribution in [-0.4, -0.2) is 17.0 Å². The number of fused-ring (bicyclic) bond motifs is 1. The summed E-state index contributed by atoms with van der Waals surface area (Å²) in [5.74, 6) is 0. The minimum absolute atomic E-state index is 0.251. The summed E-state index contributed by atoms with van der Waals surface area (Å²) in [4.78, 5) is 2.55. The molecule has 0 aliphatic carbocycles. The smallest absolute Gasteiger partial charge is 0.0241 e. The summed E-state index contributed by atoms with van der Waals surface area (Å²) in [7, 11) is 0. The first-order chi connectivity index (χ1) is 8.57. The molecule has 0 amide bonds. The second-order valence-corrected chi connectivity index (χ2v) is 5.88. The molecule has 2 rings (SSSR count). The van der Waals surface area contributed by atoms with E-state index >= 15 is 0 Å². The molecule has 1 nitrogen and oxygen atoms in total. The van der Waals surface area contributed by atoms with E-state index in [2.05, 4.69) is 74.2 Å². The molecule has 96 valence electrons. The molecule has 0 spiro atoms.